The number of carbonyl (C=O) groups is 1. The van der Waals surface area contributed by atoms with Crippen LogP contribution in [0, 0.1) is 0 Å². The van der Waals surface area contributed by atoms with Gasteiger partial charge in [-0.2, -0.15) is 0 Å². The van der Waals surface area contributed by atoms with Crippen LogP contribution in [0.5, 0.6) is 11.5 Å². The highest BCUT2D eigenvalue weighted by molar-refractivity contribution is 5.91. The van der Waals surface area contributed by atoms with Gasteiger partial charge in [0, 0.05) is 44.9 Å². The Bertz CT molecular complexity index is 889. The quantitative estimate of drug-likeness (QED) is 0.710. The molecule has 2 aromatic carbocycles. The molecule has 2 aromatic rings. The van der Waals surface area contributed by atoms with Gasteiger partial charge < -0.3 is 24.0 Å². The van der Waals surface area contributed by atoms with Crippen LogP contribution in [0.3, 0.4) is 0 Å². The number of morpholine rings is 1. The van der Waals surface area contributed by atoms with E-state index in [2.05, 4.69) is 29.2 Å². The van der Waals surface area contributed by atoms with E-state index >= 15 is 0 Å². The molecule has 0 spiro atoms. The van der Waals surface area contributed by atoms with Crippen molar-refractivity contribution in [2.45, 2.75) is 13.0 Å². The van der Waals surface area contributed by atoms with Gasteiger partial charge in [0.2, 0.25) is 5.91 Å². The van der Waals surface area contributed by atoms with Gasteiger partial charge in [-0.3, -0.25) is 4.79 Å². The van der Waals surface area contributed by atoms with Gasteiger partial charge in [-0.25, -0.2) is 0 Å². The van der Waals surface area contributed by atoms with Gasteiger partial charge in [-0.05, 0) is 41.5 Å². The van der Waals surface area contributed by atoms with Gasteiger partial charge in [0.05, 0.1) is 26.4 Å². The molecule has 2 heterocycles. The van der Waals surface area contributed by atoms with Crippen LogP contribution in [-0.4, -0.2) is 57.4 Å². The van der Waals surface area contributed by atoms with Crippen molar-refractivity contribution in [3.05, 3.63) is 59.7 Å². The summed E-state index contributed by atoms with van der Waals surface area (Å²) < 4.78 is 16.8. The van der Waals surface area contributed by atoms with Crippen molar-refractivity contribution >= 4 is 17.7 Å². The van der Waals surface area contributed by atoms with Crippen molar-refractivity contribution in [1.82, 2.24) is 4.90 Å². The van der Waals surface area contributed by atoms with E-state index in [0.717, 1.165) is 55.4 Å². The second-order valence-corrected chi connectivity index (χ2v) is 7.55. The Labute approximate surface area is 177 Å². The highest BCUT2D eigenvalue weighted by atomic mass is 16.5. The maximum atomic E-state index is 12.5. The zero-order valence-electron chi connectivity index (χ0n) is 17.4. The Morgan fingerprint density at radius 2 is 1.73 bits per heavy atom. The summed E-state index contributed by atoms with van der Waals surface area (Å²) in [6.07, 6.45) is 4.28. The molecule has 158 valence electrons. The fourth-order valence-electron chi connectivity index (χ4n) is 3.56. The second kappa shape index (κ2) is 9.67. The number of fused-ring (bicyclic) bond motifs is 1. The van der Waals surface area contributed by atoms with Crippen molar-refractivity contribution in [2.75, 3.05) is 51.5 Å². The van der Waals surface area contributed by atoms with Crippen molar-refractivity contribution in [3.63, 3.8) is 0 Å². The van der Waals surface area contributed by atoms with Gasteiger partial charge >= 0.3 is 0 Å². The molecule has 6 nitrogen and oxygen atoms in total. The summed E-state index contributed by atoms with van der Waals surface area (Å²) in [6.45, 7) is 5.26. The number of amides is 1. The number of ether oxygens (including phenoxy) is 3. The van der Waals surface area contributed by atoms with Gasteiger partial charge in [-0.15, -0.1) is 0 Å². The number of likely N-dealkylation sites (N-methyl/N-ethyl adjacent to an activating group) is 1. The molecular weight excluding hydrogens is 380 g/mol. The number of benzene rings is 2. The molecule has 2 aliphatic heterocycles. The lowest BCUT2D eigenvalue weighted by Gasteiger charge is -2.29. The molecule has 0 N–H and O–H groups in total. The van der Waals surface area contributed by atoms with E-state index in [1.165, 1.54) is 5.69 Å². The van der Waals surface area contributed by atoms with Crippen LogP contribution in [0.4, 0.5) is 5.69 Å². The molecule has 1 amide bonds. The molecule has 0 atom stereocenters. The Hall–Kier alpha value is -2.99. The number of rotatable bonds is 5. The Balaban J connectivity index is 1.34. The predicted molar refractivity (Wildman–Crippen MR) is 117 cm³/mol. The Kier molecular flexibility index (Phi) is 6.54. The van der Waals surface area contributed by atoms with Crippen LogP contribution in [0.15, 0.2) is 48.5 Å². The summed E-state index contributed by atoms with van der Waals surface area (Å²) in [5, 5.41) is 0. The topological polar surface area (TPSA) is 51.2 Å². The molecule has 30 heavy (non-hydrogen) atoms. The number of anilines is 1. The average Bonchev–Trinajstić information content (AvgIpc) is 3.03. The van der Waals surface area contributed by atoms with Crippen molar-refractivity contribution in [2.24, 2.45) is 0 Å². The van der Waals surface area contributed by atoms with E-state index in [9.17, 15) is 4.79 Å². The summed E-state index contributed by atoms with van der Waals surface area (Å²) >= 11 is 0. The molecule has 0 bridgehead atoms. The van der Waals surface area contributed by atoms with Gasteiger partial charge in [0.15, 0.2) is 11.5 Å². The van der Waals surface area contributed by atoms with Crippen LogP contribution in [0.2, 0.25) is 0 Å². The number of hydrogen-bond acceptors (Lipinski definition) is 5. The Morgan fingerprint density at radius 1 is 1.00 bits per heavy atom. The second-order valence-electron chi connectivity index (χ2n) is 7.55. The maximum Gasteiger partial charge on any atom is 0.246 e. The van der Waals surface area contributed by atoms with Gasteiger partial charge in [0.1, 0.15) is 0 Å². The fraction of sp³-hybridized carbons (Fsp3) is 0.375. The van der Waals surface area contributed by atoms with E-state index < -0.39 is 0 Å². The standard InChI is InChI=1S/C24H28N2O4/c1-25(18-20-3-7-21(8-4-20)26-11-15-28-16-12-26)24(27)10-6-19-5-9-22-23(17-19)30-14-2-13-29-22/h3-10,17H,2,11-16,18H2,1H3. The summed E-state index contributed by atoms with van der Waals surface area (Å²) in [7, 11) is 1.82. The number of carbonyl (C=O) groups excluding carboxylic acids is 1. The molecule has 4 rings (SSSR count). The molecule has 1 saturated heterocycles. The zero-order valence-corrected chi connectivity index (χ0v) is 17.4. The average molecular weight is 408 g/mol. The van der Waals surface area contributed by atoms with Crippen LogP contribution in [0.1, 0.15) is 17.5 Å². The minimum absolute atomic E-state index is 0.0423. The van der Waals surface area contributed by atoms with Crippen LogP contribution in [-0.2, 0) is 16.1 Å². The fourth-order valence-corrected chi connectivity index (χ4v) is 3.56. The third-order valence-corrected chi connectivity index (χ3v) is 5.30. The van der Waals surface area contributed by atoms with Crippen molar-refractivity contribution in [1.29, 1.82) is 0 Å². The first-order valence-electron chi connectivity index (χ1n) is 10.4. The largest absolute Gasteiger partial charge is 0.490 e. The smallest absolute Gasteiger partial charge is 0.246 e. The van der Waals surface area contributed by atoms with Crippen LogP contribution < -0.4 is 14.4 Å². The molecule has 0 unspecified atom stereocenters. The predicted octanol–water partition coefficient (Wildman–Crippen LogP) is 3.36. The molecule has 0 aromatic heterocycles. The zero-order chi connectivity index (χ0) is 20.8. The van der Waals surface area contributed by atoms with Crippen molar-refractivity contribution in [3.8, 4) is 11.5 Å². The molecule has 0 aliphatic carbocycles. The monoisotopic (exact) mass is 408 g/mol. The minimum Gasteiger partial charge on any atom is -0.490 e. The lowest BCUT2D eigenvalue weighted by Crippen LogP contribution is -2.36. The molecule has 2 aliphatic rings. The van der Waals surface area contributed by atoms with E-state index in [-0.39, 0.29) is 5.91 Å². The highest BCUT2D eigenvalue weighted by Crippen LogP contribution is 2.30. The van der Waals surface area contributed by atoms with Crippen molar-refractivity contribution < 1.29 is 19.0 Å². The number of hydrogen-bond donors (Lipinski definition) is 0. The van der Waals surface area contributed by atoms with E-state index in [1.807, 2.05) is 31.3 Å². The molecule has 0 radical (unpaired) electrons. The summed E-state index contributed by atoms with van der Waals surface area (Å²) in [4.78, 5) is 16.6. The molecular formula is C24H28N2O4. The lowest BCUT2D eigenvalue weighted by atomic mass is 10.1. The lowest BCUT2D eigenvalue weighted by molar-refractivity contribution is -0.125. The van der Waals surface area contributed by atoms with Crippen LogP contribution >= 0.6 is 0 Å². The third-order valence-electron chi connectivity index (χ3n) is 5.30. The van der Waals surface area contributed by atoms with Gasteiger partial charge in [-0.1, -0.05) is 18.2 Å². The normalized spacial score (nSPS) is 16.4. The first-order valence-corrected chi connectivity index (χ1v) is 10.4. The SMILES string of the molecule is CN(Cc1ccc(N2CCOCC2)cc1)C(=O)C=Cc1ccc2c(c1)OCCCO2. The Morgan fingerprint density at radius 3 is 2.50 bits per heavy atom. The summed E-state index contributed by atoms with van der Waals surface area (Å²) in [5.74, 6) is 1.45. The first-order chi connectivity index (χ1) is 14.7. The van der Waals surface area contributed by atoms with E-state index in [0.29, 0.717) is 19.8 Å². The number of nitrogens with zero attached hydrogens (tertiary/aromatic N) is 2. The molecule has 6 heteroatoms. The third kappa shape index (κ3) is 5.13. The summed E-state index contributed by atoms with van der Waals surface area (Å²) in [5.41, 5.74) is 3.22. The molecule has 1 fully saturated rings. The highest BCUT2D eigenvalue weighted by Gasteiger charge is 2.12. The van der Waals surface area contributed by atoms with Gasteiger partial charge in [0.25, 0.3) is 0 Å². The van der Waals surface area contributed by atoms with E-state index in [1.54, 1.807) is 11.0 Å². The first kappa shape index (κ1) is 20.3. The summed E-state index contributed by atoms with van der Waals surface area (Å²) in [6, 6.07) is 14.1. The van der Waals surface area contributed by atoms with Crippen LogP contribution in [0.25, 0.3) is 6.08 Å². The van der Waals surface area contributed by atoms with E-state index in [4.69, 9.17) is 14.2 Å². The minimum atomic E-state index is -0.0423. The maximum absolute atomic E-state index is 12.5. The molecule has 0 saturated carbocycles.